The summed E-state index contributed by atoms with van der Waals surface area (Å²) >= 11 is 0. The molecular formula is C15H22N2O. The lowest BCUT2D eigenvalue weighted by Gasteiger charge is -2.20. The van der Waals surface area contributed by atoms with Crippen LogP contribution in [0.25, 0.3) is 0 Å². The number of hydrogen-bond donors (Lipinski definition) is 1. The van der Waals surface area contributed by atoms with Gasteiger partial charge in [-0.05, 0) is 50.4 Å². The van der Waals surface area contributed by atoms with E-state index in [1.54, 1.807) is 0 Å². The Morgan fingerprint density at radius 2 is 2.22 bits per heavy atom. The largest absolute Gasteiger partial charge is 0.342 e. The highest BCUT2D eigenvalue weighted by atomic mass is 16.2. The summed E-state index contributed by atoms with van der Waals surface area (Å²) < 4.78 is 0. The van der Waals surface area contributed by atoms with E-state index in [0.29, 0.717) is 0 Å². The number of nitrogens with zero attached hydrogens (tertiary/aromatic N) is 1. The van der Waals surface area contributed by atoms with Gasteiger partial charge in [0, 0.05) is 19.2 Å². The summed E-state index contributed by atoms with van der Waals surface area (Å²) in [6.45, 7) is 5.06. The van der Waals surface area contributed by atoms with Gasteiger partial charge in [0.15, 0.2) is 0 Å². The third kappa shape index (κ3) is 3.10. The van der Waals surface area contributed by atoms with Gasteiger partial charge in [0.2, 0.25) is 0 Å². The van der Waals surface area contributed by atoms with Gasteiger partial charge >= 0.3 is 0 Å². The van der Waals surface area contributed by atoms with Gasteiger partial charge in [-0.2, -0.15) is 0 Å². The van der Waals surface area contributed by atoms with Gasteiger partial charge in [0.25, 0.3) is 5.91 Å². The maximum absolute atomic E-state index is 12.3. The maximum Gasteiger partial charge on any atom is 0.253 e. The number of carbonyl (C=O) groups excluding carboxylic acids is 1. The molecule has 1 fully saturated rings. The third-order valence-corrected chi connectivity index (χ3v) is 3.76. The summed E-state index contributed by atoms with van der Waals surface area (Å²) in [4.78, 5) is 14.1. The SMILES string of the molecule is Cc1ccccc1C(=O)N(C)CCC1CCNC1. The highest BCUT2D eigenvalue weighted by Gasteiger charge is 2.18. The van der Waals surface area contributed by atoms with Crippen molar-refractivity contribution in [2.45, 2.75) is 19.8 Å². The molecule has 0 spiro atoms. The van der Waals surface area contributed by atoms with Crippen LogP contribution in [-0.2, 0) is 0 Å². The first-order valence-electron chi connectivity index (χ1n) is 6.70. The number of amides is 1. The van der Waals surface area contributed by atoms with Crippen molar-refractivity contribution in [3.05, 3.63) is 35.4 Å². The van der Waals surface area contributed by atoms with E-state index in [0.717, 1.165) is 43.1 Å². The van der Waals surface area contributed by atoms with Crippen LogP contribution >= 0.6 is 0 Å². The fraction of sp³-hybridized carbons (Fsp3) is 0.533. The minimum absolute atomic E-state index is 0.138. The second kappa shape index (κ2) is 6.01. The molecule has 3 nitrogen and oxygen atoms in total. The molecule has 0 radical (unpaired) electrons. The molecule has 0 aliphatic carbocycles. The van der Waals surface area contributed by atoms with Crippen LogP contribution in [0.15, 0.2) is 24.3 Å². The van der Waals surface area contributed by atoms with E-state index in [9.17, 15) is 4.79 Å². The number of benzene rings is 1. The lowest BCUT2D eigenvalue weighted by Crippen LogP contribution is -2.29. The summed E-state index contributed by atoms with van der Waals surface area (Å²) in [6, 6.07) is 7.79. The normalized spacial score (nSPS) is 18.9. The van der Waals surface area contributed by atoms with Gasteiger partial charge in [0.1, 0.15) is 0 Å². The zero-order chi connectivity index (χ0) is 13.0. The van der Waals surface area contributed by atoms with E-state index in [2.05, 4.69) is 5.32 Å². The summed E-state index contributed by atoms with van der Waals surface area (Å²) in [5.41, 5.74) is 1.88. The first-order chi connectivity index (χ1) is 8.68. The Morgan fingerprint density at radius 3 is 2.89 bits per heavy atom. The average molecular weight is 246 g/mol. The molecule has 1 heterocycles. The van der Waals surface area contributed by atoms with Crippen molar-refractivity contribution in [1.82, 2.24) is 10.2 Å². The molecule has 1 aromatic carbocycles. The monoisotopic (exact) mass is 246 g/mol. The van der Waals surface area contributed by atoms with Crippen molar-refractivity contribution in [1.29, 1.82) is 0 Å². The Hall–Kier alpha value is -1.35. The Balaban J connectivity index is 1.90. The number of aryl methyl sites for hydroxylation is 1. The van der Waals surface area contributed by atoms with E-state index in [1.807, 2.05) is 43.1 Å². The maximum atomic E-state index is 12.3. The van der Waals surface area contributed by atoms with Crippen molar-refractivity contribution in [2.75, 3.05) is 26.7 Å². The quantitative estimate of drug-likeness (QED) is 0.882. The predicted molar refractivity (Wildman–Crippen MR) is 73.7 cm³/mol. The van der Waals surface area contributed by atoms with Crippen molar-refractivity contribution in [3.63, 3.8) is 0 Å². The lowest BCUT2D eigenvalue weighted by molar-refractivity contribution is 0.0787. The van der Waals surface area contributed by atoms with E-state index < -0.39 is 0 Å². The van der Waals surface area contributed by atoms with Crippen LogP contribution in [0.2, 0.25) is 0 Å². The minimum Gasteiger partial charge on any atom is -0.342 e. The van der Waals surface area contributed by atoms with Gasteiger partial charge in [-0.15, -0.1) is 0 Å². The molecule has 18 heavy (non-hydrogen) atoms. The van der Waals surface area contributed by atoms with Crippen LogP contribution < -0.4 is 5.32 Å². The van der Waals surface area contributed by atoms with Gasteiger partial charge in [-0.3, -0.25) is 4.79 Å². The fourth-order valence-electron chi connectivity index (χ4n) is 2.46. The van der Waals surface area contributed by atoms with E-state index in [-0.39, 0.29) is 5.91 Å². The van der Waals surface area contributed by atoms with Gasteiger partial charge in [-0.1, -0.05) is 18.2 Å². The van der Waals surface area contributed by atoms with Crippen molar-refractivity contribution in [2.24, 2.45) is 5.92 Å². The predicted octanol–water partition coefficient (Wildman–Crippen LogP) is 2.07. The Morgan fingerprint density at radius 1 is 1.44 bits per heavy atom. The molecule has 0 bridgehead atoms. The van der Waals surface area contributed by atoms with Crippen LogP contribution in [0.4, 0.5) is 0 Å². The number of hydrogen-bond acceptors (Lipinski definition) is 2. The standard InChI is InChI=1S/C15H22N2O/c1-12-5-3-4-6-14(12)15(18)17(2)10-8-13-7-9-16-11-13/h3-6,13,16H,7-11H2,1-2H3. The molecule has 0 saturated carbocycles. The van der Waals surface area contributed by atoms with E-state index in [4.69, 9.17) is 0 Å². The molecule has 1 N–H and O–H groups in total. The average Bonchev–Trinajstić information content (AvgIpc) is 2.89. The molecule has 1 aromatic rings. The molecule has 1 amide bonds. The van der Waals surface area contributed by atoms with Crippen LogP contribution in [0.5, 0.6) is 0 Å². The molecule has 1 aliphatic rings. The first-order valence-corrected chi connectivity index (χ1v) is 6.70. The number of carbonyl (C=O) groups is 1. The molecule has 1 aliphatic heterocycles. The molecular weight excluding hydrogens is 224 g/mol. The van der Waals surface area contributed by atoms with E-state index >= 15 is 0 Å². The number of nitrogens with one attached hydrogen (secondary N) is 1. The van der Waals surface area contributed by atoms with Crippen LogP contribution in [0, 0.1) is 12.8 Å². The minimum atomic E-state index is 0.138. The lowest BCUT2D eigenvalue weighted by atomic mass is 10.0. The zero-order valence-electron chi connectivity index (χ0n) is 11.3. The summed E-state index contributed by atoms with van der Waals surface area (Å²) in [6.07, 6.45) is 2.34. The van der Waals surface area contributed by atoms with Crippen molar-refractivity contribution >= 4 is 5.91 Å². The Labute approximate surface area is 109 Å². The molecule has 98 valence electrons. The molecule has 1 unspecified atom stereocenters. The smallest absolute Gasteiger partial charge is 0.253 e. The van der Waals surface area contributed by atoms with Gasteiger partial charge in [0.05, 0.1) is 0 Å². The van der Waals surface area contributed by atoms with Crippen molar-refractivity contribution in [3.8, 4) is 0 Å². The van der Waals surface area contributed by atoms with Crippen molar-refractivity contribution < 1.29 is 4.79 Å². The molecule has 1 saturated heterocycles. The molecule has 3 heteroatoms. The summed E-state index contributed by atoms with van der Waals surface area (Å²) in [5.74, 6) is 0.871. The second-order valence-corrected chi connectivity index (χ2v) is 5.19. The zero-order valence-corrected chi connectivity index (χ0v) is 11.3. The summed E-state index contributed by atoms with van der Waals surface area (Å²) in [5, 5.41) is 3.36. The van der Waals surface area contributed by atoms with E-state index in [1.165, 1.54) is 6.42 Å². The van der Waals surface area contributed by atoms with Gasteiger partial charge < -0.3 is 10.2 Å². The van der Waals surface area contributed by atoms with Crippen LogP contribution in [-0.4, -0.2) is 37.5 Å². The fourth-order valence-corrected chi connectivity index (χ4v) is 2.46. The summed E-state index contributed by atoms with van der Waals surface area (Å²) in [7, 11) is 1.90. The molecule has 0 aromatic heterocycles. The molecule has 1 atom stereocenters. The third-order valence-electron chi connectivity index (χ3n) is 3.76. The number of rotatable bonds is 4. The highest BCUT2D eigenvalue weighted by Crippen LogP contribution is 2.14. The molecule has 2 rings (SSSR count). The second-order valence-electron chi connectivity index (χ2n) is 5.19. The first kappa shape index (κ1) is 13.1. The Kier molecular flexibility index (Phi) is 4.37. The van der Waals surface area contributed by atoms with Crippen LogP contribution in [0.3, 0.4) is 0 Å². The van der Waals surface area contributed by atoms with Crippen LogP contribution in [0.1, 0.15) is 28.8 Å². The Bertz CT molecular complexity index is 411. The topological polar surface area (TPSA) is 32.3 Å². The van der Waals surface area contributed by atoms with Gasteiger partial charge in [-0.25, -0.2) is 0 Å². The highest BCUT2D eigenvalue weighted by molar-refractivity contribution is 5.95.